The number of hydrogen-bond acceptors (Lipinski definition) is 5. The molecule has 1 heterocycles. The summed E-state index contributed by atoms with van der Waals surface area (Å²) in [6.45, 7) is 2.15. The smallest absolute Gasteiger partial charge is 0.258 e. The van der Waals surface area contributed by atoms with Crippen LogP contribution in [0.3, 0.4) is 0 Å². The molecule has 0 aliphatic carbocycles. The van der Waals surface area contributed by atoms with Gasteiger partial charge in [-0.1, -0.05) is 30.3 Å². The second-order valence-corrected chi connectivity index (χ2v) is 7.39. The molecule has 1 aliphatic heterocycles. The predicted octanol–water partition coefficient (Wildman–Crippen LogP) is 3.11. The molecule has 0 unspecified atom stereocenters. The van der Waals surface area contributed by atoms with Crippen molar-refractivity contribution in [3.63, 3.8) is 0 Å². The first-order valence-corrected chi connectivity index (χ1v) is 10.5. The van der Waals surface area contributed by atoms with Crippen molar-refractivity contribution in [3.05, 3.63) is 84.4 Å². The number of amides is 2. The Morgan fingerprint density at radius 1 is 0.906 bits per heavy atom. The molecule has 0 atom stereocenters. The van der Waals surface area contributed by atoms with Crippen molar-refractivity contribution in [2.45, 2.75) is 6.54 Å². The number of hydrogen-bond donors (Lipinski definition) is 2. The van der Waals surface area contributed by atoms with Gasteiger partial charge in [-0.2, -0.15) is 0 Å². The largest absolute Gasteiger partial charge is 0.484 e. The fourth-order valence-electron chi connectivity index (χ4n) is 3.31. The van der Waals surface area contributed by atoms with E-state index in [4.69, 9.17) is 9.47 Å². The molecule has 3 aromatic rings. The Kier molecular flexibility index (Phi) is 6.87. The molecule has 1 fully saturated rings. The van der Waals surface area contributed by atoms with Crippen molar-refractivity contribution in [1.82, 2.24) is 10.6 Å². The maximum Gasteiger partial charge on any atom is 0.258 e. The summed E-state index contributed by atoms with van der Waals surface area (Å²) in [5.74, 6) is 1.88. The Bertz CT molecular complexity index is 1040. The zero-order valence-electron chi connectivity index (χ0n) is 17.6. The first kappa shape index (κ1) is 21.2. The lowest BCUT2D eigenvalue weighted by atomic mass is 10.2. The molecule has 4 rings (SSSR count). The minimum Gasteiger partial charge on any atom is -0.484 e. The van der Waals surface area contributed by atoms with Gasteiger partial charge in [-0.25, -0.2) is 0 Å². The molecule has 164 valence electrons. The van der Waals surface area contributed by atoms with Gasteiger partial charge in [-0.05, 0) is 54.1 Å². The van der Waals surface area contributed by atoms with Crippen molar-refractivity contribution in [3.8, 4) is 17.2 Å². The predicted molar refractivity (Wildman–Crippen MR) is 122 cm³/mol. The normalized spacial score (nSPS) is 13.2. The number of carbonyl (C=O) groups is 2. The molecule has 1 aliphatic rings. The third-order valence-corrected chi connectivity index (χ3v) is 5.00. The van der Waals surface area contributed by atoms with Gasteiger partial charge in [0.15, 0.2) is 6.61 Å². The number of carbonyl (C=O) groups excluding carboxylic acids is 2. The molecule has 32 heavy (non-hydrogen) atoms. The van der Waals surface area contributed by atoms with Crippen LogP contribution >= 0.6 is 0 Å². The average molecular weight is 431 g/mol. The Balaban J connectivity index is 1.20. The fourth-order valence-corrected chi connectivity index (χ4v) is 3.31. The minimum absolute atomic E-state index is 0.0333. The third kappa shape index (κ3) is 6.01. The van der Waals surface area contributed by atoms with Crippen molar-refractivity contribution in [2.75, 3.05) is 31.1 Å². The van der Waals surface area contributed by atoms with Crippen molar-refractivity contribution in [1.29, 1.82) is 0 Å². The monoisotopic (exact) mass is 431 g/mol. The van der Waals surface area contributed by atoms with Gasteiger partial charge in [-0.3, -0.25) is 9.59 Å². The van der Waals surface area contributed by atoms with Gasteiger partial charge in [0.05, 0.1) is 6.54 Å². The van der Waals surface area contributed by atoms with Crippen LogP contribution < -0.4 is 25.0 Å². The van der Waals surface area contributed by atoms with E-state index in [0.717, 1.165) is 23.5 Å². The number of para-hydroxylation sites is 1. The molecule has 0 saturated carbocycles. The zero-order valence-corrected chi connectivity index (χ0v) is 17.6. The minimum atomic E-state index is -0.202. The van der Waals surface area contributed by atoms with E-state index in [1.54, 1.807) is 24.3 Å². The van der Waals surface area contributed by atoms with E-state index in [-0.39, 0.29) is 18.4 Å². The Morgan fingerprint density at radius 3 is 2.31 bits per heavy atom. The summed E-state index contributed by atoms with van der Waals surface area (Å²) >= 11 is 0. The molecule has 7 nitrogen and oxygen atoms in total. The number of ether oxygens (including phenoxy) is 2. The topological polar surface area (TPSA) is 79.9 Å². The molecular formula is C25H25N3O4. The van der Waals surface area contributed by atoms with E-state index < -0.39 is 0 Å². The number of anilines is 1. The zero-order chi connectivity index (χ0) is 22.2. The van der Waals surface area contributed by atoms with Crippen LogP contribution in [-0.4, -0.2) is 38.1 Å². The molecule has 0 radical (unpaired) electrons. The number of nitrogens with zero attached hydrogens (tertiary/aromatic N) is 1. The van der Waals surface area contributed by atoms with Crippen LogP contribution in [-0.2, 0) is 16.1 Å². The Labute approximate surface area is 187 Å². The summed E-state index contributed by atoms with van der Waals surface area (Å²) in [5, 5.41) is 5.67. The second-order valence-electron chi connectivity index (χ2n) is 7.39. The molecule has 0 aromatic heterocycles. The van der Waals surface area contributed by atoms with E-state index in [9.17, 15) is 9.59 Å². The number of nitrogens with one attached hydrogen (secondary N) is 2. The fraction of sp³-hybridized carbons (Fsp3) is 0.200. The first-order chi connectivity index (χ1) is 15.7. The van der Waals surface area contributed by atoms with E-state index in [2.05, 4.69) is 10.6 Å². The van der Waals surface area contributed by atoms with Gasteiger partial charge in [0.25, 0.3) is 5.91 Å². The van der Waals surface area contributed by atoms with Gasteiger partial charge in [0, 0.05) is 25.3 Å². The molecule has 1 saturated heterocycles. The van der Waals surface area contributed by atoms with Crippen LogP contribution in [0.15, 0.2) is 78.9 Å². The molecule has 7 heteroatoms. The van der Waals surface area contributed by atoms with Gasteiger partial charge in [0.2, 0.25) is 5.91 Å². The SMILES string of the molecule is O=C(COc1ccc(Oc2ccccc2)cc1)NCc1ccc(N2CCNC(=O)C2)cc1. The lowest BCUT2D eigenvalue weighted by molar-refractivity contribution is -0.123. The molecule has 3 aromatic carbocycles. The highest BCUT2D eigenvalue weighted by Gasteiger charge is 2.16. The molecular weight excluding hydrogens is 406 g/mol. The van der Waals surface area contributed by atoms with Crippen LogP contribution in [0.1, 0.15) is 5.56 Å². The number of rotatable bonds is 8. The molecule has 0 bridgehead atoms. The van der Waals surface area contributed by atoms with Gasteiger partial charge in [0.1, 0.15) is 17.2 Å². The van der Waals surface area contributed by atoms with Crippen molar-refractivity contribution >= 4 is 17.5 Å². The van der Waals surface area contributed by atoms with Crippen LogP contribution in [0.4, 0.5) is 5.69 Å². The average Bonchev–Trinajstić information content (AvgIpc) is 2.83. The van der Waals surface area contributed by atoms with Crippen LogP contribution in [0.5, 0.6) is 17.2 Å². The van der Waals surface area contributed by atoms with Crippen LogP contribution in [0.2, 0.25) is 0 Å². The summed E-state index contributed by atoms with van der Waals surface area (Å²) in [4.78, 5) is 25.7. The lowest BCUT2D eigenvalue weighted by Crippen LogP contribution is -2.47. The van der Waals surface area contributed by atoms with E-state index >= 15 is 0 Å². The van der Waals surface area contributed by atoms with Crippen molar-refractivity contribution < 1.29 is 19.1 Å². The maximum absolute atomic E-state index is 12.1. The van der Waals surface area contributed by atoms with Crippen LogP contribution in [0, 0.1) is 0 Å². The summed E-state index contributed by atoms with van der Waals surface area (Å²) < 4.78 is 11.3. The van der Waals surface area contributed by atoms with Crippen LogP contribution in [0.25, 0.3) is 0 Å². The van der Waals surface area contributed by atoms with E-state index in [1.165, 1.54) is 0 Å². The quantitative estimate of drug-likeness (QED) is 0.573. The molecule has 0 spiro atoms. The molecule has 2 N–H and O–H groups in total. The number of benzene rings is 3. The lowest BCUT2D eigenvalue weighted by Gasteiger charge is -2.28. The van der Waals surface area contributed by atoms with Crippen molar-refractivity contribution in [2.24, 2.45) is 0 Å². The highest BCUT2D eigenvalue weighted by Crippen LogP contribution is 2.23. The standard InChI is InChI=1S/C25H25N3O4/c29-24-17-28(15-14-26-24)20-8-6-19(7-9-20)16-27-25(30)18-31-21-10-12-23(13-11-21)32-22-4-2-1-3-5-22/h1-13H,14-18H2,(H,26,29)(H,27,30). The summed E-state index contributed by atoms with van der Waals surface area (Å²) in [7, 11) is 0. The van der Waals surface area contributed by atoms with Gasteiger partial charge >= 0.3 is 0 Å². The van der Waals surface area contributed by atoms with E-state index in [0.29, 0.717) is 31.1 Å². The highest BCUT2D eigenvalue weighted by molar-refractivity contribution is 5.82. The first-order valence-electron chi connectivity index (χ1n) is 10.5. The Hall–Kier alpha value is -4.00. The highest BCUT2D eigenvalue weighted by atomic mass is 16.5. The Morgan fingerprint density at radius 2 is 1.59 bits per heavy atom. The third-order valence-electron chi connectivity index (χ3n) is 5.00. The second kappa shape index (κ2) is 10.3. The number of piperazine rings is 1. The van der Waals surface area contributed by atoms with Gasteiger partial charge in [-0.15, -0.1) is 0 Å². The summed E-state index contributed by atoms with van der Waals surface area (Å²) in [6, 6.07) is 24.5. The summed E-state index contributed by atoms with van der Waals surface area (Å²) in [5.41, 5.74) is 1.98. The molecule has 2 amide bonds. The van der Waals surface area contributed by atoms with Gasteiger partial charge < -0.3 is 25.0 Å². The summed E-state index contributed by atoms with van der Waals surface area (Å²) in [6.07, 6.45) is 0. The van der Waals surface area contributed by atoms with E-state index in [1.807, 2.05) is 59.5 Å². The maximum atomic E-state index is 12.1.